The Labute approximate surface area is 185 Å². The van der Waals surface area contributed by atoms with Crippen molar-refractivity contribution in [1.29, 1.82) is 0 Å². The van der Waals surface area contributed by atoms with Crippen molar-refractivity contribution in [2.24, 2.45) is 0 Å². The molecule has 0 aromatic heterocycles. The average molecular weight is 435 g/mol. The smallest absolute Gasteiger partial charge is 0.259 e. The van der Waals surface area contributed by atoms with Crippen LogP contribution in [0.3, 0.4) is 0 Å². The number of hydrogen-bond donors (Lipinski definition) is 1. The van der Waals surface area contributed by atoms with E-state index in [1.165, 1.54) is 11.8 Å². The summed E-state index contributed by atoms with van der Waals surface area (Å²) in [5.41, 5.74) is 2.60. The molecule has 3 aromatic carbocycles. The molecule has 0 radical (unpaired) electrons. The van der Waals surface area contributed by atoms with Gasteiger partial charge in [0.1, 0.15) is 5.75 Å². The summed E-state index contributed by atoms with van der Waals surface area (Å²) < 4.78 is 10.4. The number of fused-ring (bicyclic) bond motifs is 2. The second kappa shape index (κ2) is 9.24. The molecule has 1 N–H and O–H groups in total. The van der Waals surface area contributed by atoms with Gasteiger partial charge >= 0.3 is 0 Å². The molecule has 2 amide bonds. The number of carbonyl (C=O) groups is 2. The molecule has 0 atom stereocenters. The van der Waals surface area contributed by atoms with Gasteiger partial charge in [0.25, 0.3) is 11.8 Å². The fraction of sp³-hybridized carbons (Fsp3) is 0.167. The zero-order valence-corrected chi connectivity index (χ0v) is 18.1. The van der Waals surface area contributed by atoms with Gasteiger partial charge in [0.05, 0.1) is 25.0 Å². The van der Waals surface area contributed by atoms with Gasteiger partial charge in [-0.2, -0.15) is 0 Å². The minimum absolute atomic E-state index is 0.0629. The minimum Gasteiger partial charge on any atom is -0.497 e. The average Bonchev–Trinajstić information content (AvgIpc) is 2.91. The van der Waals surface area contributed by atoms with E-state index in [9.17, 15) is 9.59 Å². The molecule has 7 heteroatoms. The molecular formula is C24H22N2O4S. The first-order chi connectivity index (χ1) is 15.1. The van der Waals surface area contributed by atoms with Crippen LogP contribution in [0.4, 0.5) is 11.4 Å². The molecule has 0 bridgehead atoms. The SMILES string of the molecule is COCCN1C(=O)c2ccccc2Sc2cc(NC(=O)c3cccc(OC)c3)ccc21. The van der Waals surface area contributed by atoms with Crippen LogP contribution < -0.4 is 15.0 Å². The molecular weight excluding hydrogens is 412 g/mol. The van der Waals surface area contributed by atoms with Crippen LogP contribution in [-0.4, -0.2) is 39.2 Å². The second-order valence-corrected chi connectivity index (χ2v) is 8.00. The van der Waals surface area contributed by atoms with Crippen molar-refractivity contribution in [3.63, 3.8) is 0 Å². The number of amides is 2. The first kappa shape index (κ1) is 21.0. The van der Waals surface area contributed by atoms with Gasteiger partial charge in [-0.25, -0.2) is 0 Å². The van der Waals surface area contributed by atoms with E-state index < -0.39 is 0 Å². The summed E-state index contributed by atoms with van der Waals surface area (Å²) in [7, 11) is 3.18. The van der Waals surface area contributed by atoms with Crippen LogP contribution in [-0.2, 0) is 4.74 Å². The number of methoxy groups -OCH3 is 2. The Morgan fingerprint density at radius 2 is 1.84 bits per heavy atom. The Morgan fingerprint density at radius 1 is 1.00 bits per heavy atom. The first-order valence-electron chi connectivity index (χ1n) is 9.78. The third kappa shape index (κ3) is 4.42. The van der Waals surface area contributed by atoms with Gasteiger partial charge < -0.3 is 19.7 Å². The Kier molecular flexibility index (Phi) is 6.25. The lowest BCUT2D eigenvalue weighted by Gasteiger charge is -2.23. The normalized spacial score (nSPS) is 12.6. The van der Waals surface area contributed by atoms with Crippen molar-refractivity contribution in [3.05, 3.63) is 77.9 Å². The van der Waals surface area contributed by atoms with Crippen molar-refractivity contribution in [1.82, 2.24) is 0 Å². The molecule has 158 valence electrons. The van der Waals surface area contributed by atoms with Crippen molar-refractivity contribution >= 4 is 35.0 Å². The highest BCUT2D eigenvalue weighted by atomic mass is 32.2. The molecule has 6 nitrogen and oxygen atoms in total. The van der Waals surface area contributed by atoms with Gasteiger partial charge in [-0.15, -0.1) is 0 Å². The van der Waals surface area contributed by atoms with E-state index in [0.717, 1.165) is 15.5 Å². The molecule has 1 aliphatic rings. The predicted molar refractivity (Wildman–Crippen MR) is 122 cm³/mol. The molecule has 0 fully saturated rings. The maximum Gasteiger partial charge on any atom is 0.259 e. The number of hydrogen-bond acceptors (Lipinski definition) is 5. The van der Waals surface area contributed by atoms with Crippen LogP contribution in [0.1, 0.15) is 20.7 Å². The summed E-state index contributed by atoms with van der Waals surface area (Å²) in [6.45, 7) is 0.860. The molecule has 31 heavy (non-hydrogen) atoms. The summed E-state index contributed by atoms with van der Waals surface area (Å²) in [4.78, 5) is 29.4. The minimum atomic E-state index is -0.231. The standard InChI is InChI=1S/C24H22N2O4S/c1-29-13-12-26-20-11-10-17(25-23(27)16-6-5-7-18(14-16)30-2)15-22(20)31-21-9-4-3-8-19(21)24(26)28/h3-11,14-15H,12-13H2,1-2H3,(H,25,27). The largest absolute Gasteiger partial charge is 0.497 e. The van der Waals surface area contributed by atoms with E-state index in [1.807, 2.05) is 36.4 Å². The number of nitrogens with zero attached hydrogens (tertiary/aromatic N) is 1. The van der Waals surface area contributed by atoms with Gasteiger partial charge in [-0.3, -0.25) is 9.59 Å². The third-order valence-electron chi connectivity index (χ3n) is 4.94. The van der Waals surface area contributed by atoms with Gasteiger partial charge in [0.2, 0.25) is 0 Å². The van der Waals surface area contributed by atoms with E-state index >= 15 is 0 Å². The Balaban J connectivity index is 1.67. The predicted octanol–water partition coefficient (Wildman–Crippen LogP) is 4.71. The third-order valence-corrected chi connectivity index (χ3v) is 6.06. The first-order valence-corrected chi connectivity index (χ1v) is 10.6. The Hall–Kier alpha value is -3.29. The Morgan fingerprint density at radius 3 is 2.65 bits per heavy atom. The van der Waals surface area contributed by atoms with E-state index in [4.69, 9.17) is 9.47 Å². The van der Waals surface area contributed by atoms with Crippen LogP contribution in [0.2, 0.25) is 0 Å². The monoisotopic (exact) mass is 434 g/mol. The highest BCUT2D eigenvalue weighted by molar-refractivity contribution is 7.99. The summed E-state index contributed by atoms with van der Waals surface area (Å²) in [6.07, 6.45) is 0. The topological polar surface area (TPSA) is 67.9 Å². The van der Waals surface area contributed by atoms with E-state index in [-0.39, 0.29) is 11.8 Å². The van der Waals surface area contributed by atoms with Gasteiger partial charge in [0, 0.05) is 34.7 Å². The summed E-state index contributed by atoms with van der Waals surface area (Å²) >= 11 is 1.51. The fourth-order valence-electron chi connectivity index (χ4n) is 3.37. The molecule has 3 aromatic rings. The van der Waals surface area contributed by atoms with Crippen LogP contribution in [0.5, 0.6) is 5.75 Å². The molecule has 0 unspecified atom stereocenters. The lowest BCUT2D eigenvalue weighted by atomic mass is 10.1. The molecule has 4 rings (SSSR count). The van der Waals surface area contributed by atoms with E-state index in [1.54, 1.807) is 49.5 Å². The van der Waals surface area contributed by atoms with E-state index in [0.29, 0.717) is 35.7 Å². The van der Waals surface area contributed by atoms with Crippen molar-refractivity contribution in [2.75, 3.05) is 37.6 Å². The molecule has 0 saturated carbocycles. The lowest BCUT2D eigenvalue weighted by molar-refractivity contribution is 0.0972. The molecule has 0 aliphatic carbocycles. The molecule has 0 spiro atoms. The number of carbonyl (C=O) groups excluding carboxylic acids is 2. The quantitative estimate of drug-likeness (QED) is 0.609. The van der Waals surface area contributed by atoms with Gasteiger partial charge in [-0.1, -0.05) is 30.0 Å². The lowest BCUT2D eigenvalue weighted by Crippen LogP contribution is -2.33. The highest BCUT2D eigenvalue weighted by Crippen LogP contribution is 2.42. The van der Waals surface area contributed by atoms with Crippen LogP contribution in [0, 0.1) is 0 Å². The summed E-state index contributed by atoms with van der Waals surface area (Å²) in [5, 5.41) is 2.94. The molecule has 1 aliphatic heterocycles. The van der Waals surface area contributed by atoms with Crippen molar-refractivity contribution < 1.29 is 19.1 Å². The Bertz CT molecular complexity index is 1130. The maximum atomic E-state index is 13.2. The molecule has 0 saturated heterocycles. The zero-order chi connectivity index (χ0) is 21.8. The molecule has 1 heterocycles. The number of benzene rings is 3. The zero-order valence-electron chi connectivity index (χ0n) is 17.3. The number of ether oxygens (including phenoxy) is 2. The van der Waals surface area contributed by atoms with Gasteiger partial charge in [0.15, 0.2) is 0 Å². The fourth-order valence-corrected chi connectivity index (χ4v) is 4.49. The maximum absolute atomic E-state index is 13.2. The van der Waals surface area contributed by atoms with E-state index in [2.05, 4.69) is 5.32 Å². The van der Waals surface area contributed by atoms with Crippen LogP contribution >= 0.6 is 11.8 Å². The number of nitrogens with one attached hydrogen (secondary N) is 1. The second-order valence-electron chi connectivity index (χ2n) is 6.92. The number of rotatable bonds is 6. The van der Waals surface area contributed by atoms with Crippen LogP contribution in [0.25, 0.3) is 0 Å². The van der Waals surface area contributed by atoms with Crippen LogP contribution in [0.15, 0.2) is 76.5 Å². The highest BCUT2D eigenvalue weighted by Gasteiger charge is 2.27. The summed E-state index contributed by atoms with van der Waals surface area (Å²) in [6, 6.07) is 20.1. The summed E-state index contributed by atoms with van der Waals surface area (Å²) in [5.74, 6) is 0.325. The number of anilines is 2. The van der Waals surface area contributed by atoms with Crippen molar-refractivity contribution in [3.8, 4) is 5.75 Å². The van der Waals surface area contributed by atoms with Crippen molar-refractivity contribution in [2.45, 2.75) is 9.79 Å². The van der Waals surface area contributed by atoms with Gasteiger partial charge in [-0.05, 0) is 48.5 Å².